The molecule has 1 aliphatic heterocycles. The van der Waals surface area contributed by atoms with Gasteiger partial charge in [0.15, 0.2) is 0 Å². The molecular weight excluding hydrogens is 342 g/mol. The topological polar surface area (TPSA) is 105 Å². The Morgan fingerprint density at radius 2 is 1.67 bits per heavy atom. The summed E-state index contributed by atoms with van der Waals surface area (Å²) in [6, 6.07) is 6.53. The molecule has 0 amide bonds. The molecule has 0 spiro atoms. The second-order valence-electron chi connectivity index (χ2n) is 6.60. The third-order valence-corrected chi connectivity index (χ3v) is 5.02. The first-order valence-electron chi connectivity index (χ1n) is 8.89. The third kappa shape index (κ3) is 3.56. The van der Waals surface area contributed by atoms with Crippen molar-refractivity contribution in [3.05, 3.63) is 54.1 Å². The predicted molar refractivity (Wildman–Crippen MR) is 101 cm³/mol. The van der Waals surface area contributed by atoms with Gasteiger partial charge in [-0.15, -0.1) is 0 Å². The van der Waals surface area contributed by atoms with E-state index in [1.54, 1.807) is 12.4 Å². The summed E-state index contributed by atoms with van der Waals surface area (Å²) in [4.78, 5) is 21.7. The van der Waals surface area contributed by atoms with Crippen LogP contribution in [0.1, 0.15) is 24.1 Å². The lowest BCUT2D eigenvalue weighted by atomic mass is 10.1. The van der Waals surface area contributed by atoms with Crippen LogP contribution < -0.4 is 10.0 Å². The maximum Gasteiger partial charge on any atom is 0.225 e. The number of anilines is 1. The van der Waals surface area contributed by atoms with Crippen molar-refractivity contribution in [1.82, 2.24) is 24.8 Å². The first-order valence-corrected chi connectivity index (χ1v) is 8.89. The molecule has 1 N–H and O–H groups in total. The van der Waals surface area contributed by atoms with E-state index in [2.05, 4.69) is 48.8 Å². The van der Waals surface area contributed by atoms with Crippen LogP contribution in [0.2, 0.25) is 0 Å². The van der Waals surface area contributed by atoms with Gasteiger partial charge in [-0.2, -0.15) is 0 Å². The molecule has 1 aliphatic rings. The van der Waals surface area contributed by atoms with Crippen molar-refractivity contribution < 1.29 is 5.11 Å². The number of piperazine rings is 1. The van der Waals surface area contributed by atoms with Gasteiger partial charge in [0.1, 0.15) is 0 Å². The average molecular weight is 362 g/mol. The molecule has 27 heavy (non-hydrogen) atoms. The van der Waals surface area contributed by atoms with E-state index < -0.39 is 5.90 Å². The second kappa shape index (κ2) is 7.24. The lowest BCUT2D eigenvalue weighted by molar-refractivity contribution is -0.214. The number of aromatic nitrogens is 4. The minimum Gasteiger partial charge on any atom is -0.859 e. The SMILES string of the molecule is CC(c1ccc2nccnc2c1)N1CCN(c2ncc(C(=N)[O-])cn2)CC1. The Bertz CT molecular complexity index is 952. The molecule has 138 valence electrons. The first-order chi connectivity index (χ1) is 13.1. The summed E-state index contributed by atoms with van der Waals surface area (Å²) in [6.45, 7) is 5.61. The summed E-state index contributed by atoms with van der Waals surface area (Å²) in [5, 5.41) is 18.1. The fourth-order valence-corrected chi connectivity index (χ4v) is 3.36. The molecule has 0 radical (unpaired) electrons. The number of nitrogens with zero attached hydrogens (tertiary/aromatic N) is 6. The lowest BCUT2D eigenvalue weighted by Gasteiger charge is -2.38. The lowest BCUT2D eigenvalue weighted by Crippen LogP contribution is -2.47. The molecule has 8 heteroatoms. The zero-order chi connectivity index (χ0) is 18.8. The van der Waals surface area contributed by atoms with E-state index in [1.165, 1.54) is 18.0 Å². The smallest absolute Gasteiger partial charge is 0.225 e. The molecule has 1 aromatic carbocycles. The molecular formula is C19H20N7O-. The summed E-state index contributed by atoms with van der Waals surface area (Å²) in [5.74, 6) is -0.159. The van der Waals surface area contributed by atoms with Gasteiger partial charge in [-0.1, -0.05) is 6.07 Å². The standard InChI is InChI=1S/C19H21N7O/c1-13(14-2-3-16-17(10-14)22-5-4-21-16)25-6-8-26(9-7-25)19-23-11-15(12-24-19)18(20)27/h2-5,10-13H,6-9H2,1H3,(H2,20,27)/p-1. The minimum absolute atomic E-state index is 0.213. The fraction of sp³-hybridized carbons (Fsp3) is 0.316. The van der Waals surface area contributed by atoms with Gasteiger partial charge in [0.05, 0.1) is 11.0 Å². The van der Waals surface area contributed by atoms with Crippen molar-refractivity contribution in [2.75, 3.05) is 31.1 Å². The van der Waals surface area contributed by atoms with E-state index in [4.69, 9.17) is 5.41 Å². The fourth-order valence-electron chi connectivity index (χ4n) is 3.36. The molecule has 3 heterocycles. The van der Waals surface area contributed by atoms with Gasteiger partial charge < -0.3 is 15.4 Å². The van der Waals surface area contributed by atoms with Crippen LogP contribution in [0.4, 0.5) is 5.95 Å². The van der Waals surface area contributed by atoms with Crippen molar-refractivity contribution >= 4 is 22.9 Å². The van der Waals surface area contributed by atoms with Crippen molar-refractivity contribution in [3.8, 4) is 0 Å². The monoisotopic (exact) mass is 362 g/mol. The van der Waals surface area contributed by atoms with Gasteiger partial charge in [-0.3, -0.25) is 14.9 Å². The Labute approximate surface area is 157 Å². The largest absolute Gasteiger partial charge is 0.859 e. The predicted octanol–water partition coefficient (Wildman–Crippen LogP) is 0.989. The van der Waals surface area contributed by atoms with E-state index in [9.17, 15) is 5.11 Å². The van der Waals surface area contributed by atoms with Crippen LogP contribution in [0.5, 0.6) is 0 Å². The highest BCUT2D eigenvalue weighted by atomic mass is 16.3. The Balaban J connectivity index is 1.42. The second-order valence-corrected chi connectivity index (χ2v) is 6.60. The highest BCUT2D eigenvalue weighted by Crippen LogP contribution is 2.24. The van der Waals surface area contributed by atoms with Crippen molar-refractivity contribution in [2.24, 2.45) is 0 Å². The number of fused-ring (bicyclic) bond motifs is 1. The zero-order valence-electron chi connectivity index (χ0n) is 15.0. The highest BCUT2D eigenvalue weighted by molar-refractivity contribution is 5.87. The molecule has 4 rings (SSSR count). The van der Waals surface area contributed by atoms with Crippen LogP contribution in [0.3, 0.4) is 0 Å². The van der Waals surface area contributed by atoms with E-state index in [-0.39, 0.29) is 11.6 Å². The van der Waals surface area contributed by atoms with Gasteiger partial charge in [0.25, 0.3) is 0 Å². The van der Waals surface area contributed by atoms with Crippen molar-refractivity contribution in [3.63, 3.8) is 0 Å². The molecule has 0 saturated carbocycles. The normalized spacial score (nSPS) is 16.4. The van der Waals surface area contributed by atoms with E-state index in [0.717, 1.165) is 37.2 Å². The van der Waals surface area contributed by atoms with Crippen molar-refractivity contribution in [1.29, 1.82) is 5.41 Å². The minimum atomic E-state index is -0.764. The van der Waals surface area contributed by atoms with Crippen LogP contribution in [0.15, 0.2) is 43.0 Å². The van der Waals surface area contributed by atoms with Crippen LogP contribution >= 0.6 is 0 Å². The first kappa shape index (κ1) is 17.3. The van der Waals surface area contributed by atoms with Crippen molar-refractivity contribution in [2.45, 2.75) is 13.0 Å². The summed E-state index contributed by atoms with van der Waals surface area (Å²) in [7, 11) is 0. The Morgan fingerprint density at radius 1 is 1.00 bits per heavy atom. The molecule has 3 aromatic rings. The van der Waals surface area contributed by atoms with E-state index in [0.29, 0.717) is 5.95 Å². The van der Waals surface area contributed by atoms with Gasteiger partial charge in [0, 0.05) is 62.6 Å². The third-order valence-electron chi connectivity index (χ3n) is 5.02. The molecule has 0 bridgehead atoms. The van der Waals surface area contributed by atoms with Crippen LogP contribution in [0, 0.1) is 5.41 Å². The van der Waals surface area contributed by atoms with Gasteiger partial charge in [0.2, 0.25) is 5.95 Å². The average Bonchev–Trinajstić information content (AvgIpc) is 2.73. The highest BCUT2D eigenvalue weighted by Gasteiger charge is 2.23. The summed E-state index contributed by atoms with van der Waals surface area (Å²) >= 11 is 0. The maximum atomic E-state index is 11.0. The number of rotatable bonds is 4. The molecule has 8 nitrogen and oxygen atoms in total. The molecule has 1 fully saturated rings. The quantitative estimate of drug-likeness (QED) is 0.545. The van der Waals surface area contributed by atoms with E-state index in [1.807, 2.05) is 6.07 Å². The van der Waals surface area contributed by atoms with Gasteiger partial charge >= 0.3 is 0 Å². The number of hydrogen-bond acceptors (Lipinski definition) is 8. The van der Waals surface area contributed by atoms with Gasteiger partial charge in [-0.25, -0.2) is 9.97 Å². The molecule has 1 unspecified atom stereocenters. The van der Waals surface area contributed by atoms with Crippen LogP contribution in [-0.2, 0) is 0 Å². The Kier molecular flexibility index (Phi) is 4.64. The number of nitrogens with one attached hydrogen (secondary N) is 1. The van der Waals surface area contributed by atoms with Crippen LogP contribution in [0.25, 0.3) is 11.0 Å². The molecule has 2 aromatic heterocycles. The summed E-state index contributed by atoms with van der Waals surface area (Å²) in [5.41, 5.74) is 3.26. The van der Waals surface area contributed by atoms with Crippen LogP contribution in [-0.4, -0.2) is 56.9 Å². The molecule has 1 saturated heterocycles. The van der Waals surface area contributed by atoms with Gasteiger partial charge in [-0.05, 0) is 30.5 Å². The summed E-state index contributed by atoms with van der Waals surface area (Å²) < 4.78 is 0. The Morgan fingerprint density at radius 3 is 2.33 bits per heavy atom. The molecule has 1 atom stereocenters. The van der Waals surface area contributed by atoms with E-state index >= 15 is 0 Å². The molecule has 0 aliphatic carbocycles. The number of benzene rings is 1. The zero-order valence-corrected chi connectivity index (χ0v) is 15.0. The summed E-state index contributed by atoms with van der Waals surface area (Å²) in [6.07, 6.45) is 6.26. The Hall–Kier alpha value is -3.13. The number of hydrogen-bond donors (Lipinski definition) is 1. The maximum absolute atomic E-state index is 11.0.